The minimum atomic E-state index is -1.95. The van der Waals surface area contributed by atoms with Gasteiger partial charge in [0.05, 0.1) is 14.2 Å². The van der Waals surface area contributed by atoms with Gasteiger partial charge in [0.1, 0.15) is 0 Å². The number of aryl methyl sites for hydroxylation is 1. The molecule has 8 nitrogen and oxygen atoms in total. The molecule has 1 amide bonds. The Kier molecular flexibility index (Phi) is 6.18. The third kappa shape index (κ3) is 4.65. The molecule has 0 aliphatic carbocycles. The summed E-state index contributed by atoms with van der Waals surface area (Å²) in [5.41, 5.74) is 0.773. The van der Waals surface area contributed by atoms with E-state index in [9.17, 15) is 14.4 Å². The molecule has 1 rings (SSSR count). The van der Waals surface area contributed by atoms with E-state index >= 15 is 0 Å². The summed E-state index contributed by atoms with van der Waals surface area (Å²) in [6, 6.07) is 3.17. The molecule has 0 atom stereocenters. The molecule has 22 heavy (non-hydrogen) atoms. The van der Waals surface area contributed by atoms with Crippen molar-refractivity contribution in [3.63, 3.8) is 0 Å². The van der Waals surface area contributed by atoms with Crippen LogP contribution >= 0.6 is 0 Å². The van der Waals surface area contributed by atoms with E-state index in [4.69, 9.17) is 19.7 Å². The lowest BCUT2D eigenvalue weighted by Gasteiger charge is -2.11. The van der Waals surface area contributed by atoms with Crippen molar-refractivity contribution in [2.75, 3.05) is 14.2 Å². The third-order valence-electron chi connectivity index (χ3n) is 2.89. The average molecular weight is 311 g/mol. The standard InChI is InChI=1S/C14H17NO7/c1-21-9-5-3-8(7-10(9)22-2)4-6-11(16)15-12(13(17)18)14(19)20/h3,5,7,12H,4,6H2,1-2H3,(H,15,16)(H,17,18)(H,19,20). The monoisotopic (exact) mass is 311 g/mol. The topological polar surface area (TPSA) is 122 Å². The Morgan fingerprint density at radius 1 is 1.09 bits per heavy atom. The third-order valence-corrected chi connectivity index (χ3v) is 2.89. The first-order chi connectivity index (χ1) is 10.4. The summed E-state index contributed by atoms with van der Waals surface area (Å²) in [4.78, 5) is 33.0. The molecule has 0 fully saturated rings. The van der Waals surface area contributed by atoms with Gasteiger partial charge in [0.25, 0.3) is 0 Å². The van der Waals surface area contributed by atoms with Crippen LogP contribution in [0.5, 0.6) is 11.5 Å². The molecular formula is C14H17NO7. The van der Waals surface area contributed by atoms with Crippen LogP contribution in [0.15, 0.2) is 18.2 Å². The number of methoxy groups -OCH3 is 2. The smallest absolute Gasteiger partial charge is 0.338 e. The Morgan fingerprint density at radius 2 is 1.68 bits per heavy atom. The van der Waals surface area contributed by atoms with Crippen LogP contribution < -0.4 is 14.8 Å². The van der Waals surface area contributed by atoms with Crippen molar-refractivity contribution in [3.8, 4) is 11.5 Å². The molecule has 0 saturated heterocycles. The van der Waals surface area contributed by atoms with Crippen molar-refractivity contribution in [3.05, 3.63) is 23.8 Å². The highest BCUT2D eigenvalue weighted by atomic mass is 16.5. The number of carbonyl (C=O) groups is 3. The highest BCUT2D eigenvalue weighted by Gasteiger charge is 2.27. The molecule has 0 unspecified atom stereocenters. The van der Waals surface area contributed by atoms with Crippen LogP contribution in [0.2, 0.25) is 0 Å². The van der Waals surface area contributed by atoms with Gasteiger partial charge in [0.2, 0.25) is 11.9 Å². The second-order valence-corrected chi connectivity index (χ2v) is 4.37. The molecule has 0 radical (unpaired) electrons. The molecule has 120 valence electrons. The molecule has 0 saturated carbocycles. The van der Waals surface area contributed by atoms with E-state index in [1.807, 2.05) is 5.32 Å². The van der Waals surface area contributed by atoms with Gasteiger partial charge in [-0.25, -0.2) is 9.59 Å². The molecule has 1 aromatic carbocycles. The van der Waals surface area contributed by atoms with E-state index in [0.29, 0.717) is 17.9 Å². The normalized spacial score (nSPS) is 10.1. The molecular weight excluding hydrogens is 294 g/mol. The summed E-state index contributed by atoms with van der Waals surface area (Å²) >= 11 is 0. The summed E-state index contributed by atoms with van der Waals surface area (Å²) in [6.07, 6.45) is 0.255. The maximum Gasteiger partial charge on any atom is 0.338 e. The van der Waals surface area contributed by atoms with Crippen LogP contribution in [0.4, 0.5) is 0 Å². The average Bonchev–Trinajstić information content (AvgIpc) is 2.49. The van der Waals surface area contributed by atoms with E-state index in [1.54, 1.807) is 18.2 Å². The largest absolute Gasteiger partial charge is 0.493 e. The number of nitrogens with one attached hydrogen (secondary N) is 1. The molecule has 0 aromatic heterocycles. The Hall–Kier alpha value is -2.77. The van der Waals surface area contributed by atoms with Gasteiger partial charge in [0, 0.05) is 6.42 Å². The molecule has 0 aliphatic rings. The predicted octanol–water partition coefficient (Wildman–Crippen LogP) is 0.290. The second kappa shape index (κ2) is 7.87. The number of ether oxygens (including phenoxy) is 2. The van der Waals surface area contributed by atoms with Gasteiger partial charge in [-0.1, -0.05) is 6.07 Å². The van der Waals surface area contributed by atoms with Gasteiger partial charge < -0.3 is 25.0 Å². The Balaban J connectivity index is 2.64. The Bertz CT molecular complexity index is 556. The van der Waals surface area contributed by atoms with Crippen LogP contribution in [-0.4, -0.2) is 48.3 Å². The number of hydrogen-bond donors (Lipinski definition) is 3. The maximum absolute atomic E-state index is 11.6. The van der Waals surface area contributed by atoms with Gasteiger partial charge in [-0.15, -0.1) is 0 Å². The van der Waals surface area contributed by atoms with Gasteiger partial charge >= 0.3 is 11.9 Å². The lowest BCUT2D eigenvalue weighted by Crippen LogP contribution is -2.46. The first-order valence-corrected chi connectivity index (χ1v) is 6.35. The van der Waals surface area contributed by atoms with Gasteiger partial charge in [0.15, 0.2) is 11.5 Å². The summed E-state index contributed by atoms with van der Waals surface area (Å²) in [7, 11) is 2.99. The zero-order valence-electron chi connectivity index (χ0n) is 12.2. The lowest BCUT2D eigenvalue weighted by atomic mass is 10.1. The fourth-order valence-corrected chi connectivity index (χ4v) is 1.76. The first kappa shape index (κ1) is 17.3. The first-order valence-electron chi connectivity index (χ1n) is 6.35. The van der Waals surface area contributed by atoms with Gasteiger partial charge in [-0.3, -0.25) is 4.79 Å². The lowest BCUT2D eigenvalue weighted by molar-refractivity contribution is -0.153. The number of rotatable bonds is 8. The summed E-state index contributed by atoms with van der Waals surface area (Å²) in [5, 5.41) is 19.3. The minimum Gasteiger partial charge on any atom is -0.493 e. The van der Waals surface area contributed by atoms with Crippen LogP contribution in [0.25, 0.3) is 0 Å². The number of benzene rings is 1. The number of amides is 1. The summed E-state index contributed by atoms with van der Waals surface area (Å²) in [5.74, 6) is -2.84. The van der Waals surface area contributed by atoms with Gasteiger partial charge in [-0.05, 0) is 24.1 Å². The van der Waals surface area contributed by atoms with E-state index in [0.717, 1.165) is 5.56 Å². The zero-order chi connectivity index (χ0) is 16.7. The molecule has 0 bridgehead atoms. The number of carbonyl (C=O) groups excluding carboxylic acids is 1. The number of aliphatic carboxylic acids is 2. The van der Waals surface area contributed by atoms with Crippen molar-refractivity contribution >= 4 is 17.8 Å². The fraction of sp³-hybridized carbons (Fsp3) is 0.357. The van der Waals surface area contributed by atoms with Crippen LogP contribution in [-0.2, 0) is 20.8 Å². The number of carboxylic acids is 2. The van der Waals surface area contributed by atoms with Crippen molar-refractivity contribution in [1.29, 1.82) is 0 Å². The fourth-order valence-electron chi connectivity index (χ4n) is 1.76. The molecule has 3 N–H and O–H groups in total. The molecule has 1 aromatic rings. The Labute approximate surface area is 126 Å². The predicted molar refractivity (Wildman–Crippen MR) is 75.1 cm³/mol. The summed E-state index contributed by atoms with van der Waals surface area (Å²) < 4.78 is 10.2. The van der Waals surface area contributed by atoms with E-state index < -0.39 is 23.9 Å². The van der Waals surface area contributed by atoms with Crippen molar-refractivity contribution < 1.29 is 34.1 Å². The van der Waals surface area contributed by atoms with Crippen molar-refractivity contribution in [2.24, 2.45) is 0 Å². The summed E-state index contributed by atoms with van der Waals surface area (Å²) in [6.45, 7) is 0. The zero-order valence-corrected chi connectivity index (χ0v) is 12.2. The van der Waals surface area contributed by atoms with Crippen LogP contribution in [0.1, 0.15) is 12.0 Å². The molecule has 0 aliphatic heterocycles. The van der Waals surface area contributed by atoms with Crippen molar-refractivity contribution in [1.82, 2.24) is 5.32 Å². The minimum absolute atomic E-state index is 0.0491. The quantitative estimate of drug-likeness (QED) is 0.590. The number of hydrogen-bond acceptors (Lipinski definition) is 5. The van der Waals surface area contributed by atoms with Crippen molar-refractivity contribution in [2.45, 2.75) is 18.9 Å². The highest BCUT2D eigenvalue weighted by Crippen LogP contribution is 2.27. The molecule has 8 heteroatoms. The molecule has 0 spiro atoms. The highest BCUT2D eigenvalue weighted by molar-refractivity contribution is 6.00. The van der Waals surface area contributed by atoms with E-state index in [-0.39, 0.29) is 6.42 Å². The van der Waals surface area contributed by atoms with Crippen LogP contribution in [0, 0.1) is 0 Å². The maximum atomic E-state index is 11.6. The molecule has 0 heterocycles. The van der Waals surface area contributed by atoms with Crippen LogP contribution in [0.3, 0.4) is 0 Å². The second-order valence-electron chi connectivity index (χ2n) is 4.37. The number of carboxylic acid groups (broad SMARTS) is 2. The van der Waals surface area contributed by atoms with E-state index in [1.165, 1.54) is 14.2 Å². The Morgan fingerprint density at radius 3 is 2.18 bits per heavy atom. The van der Waals surface area contributed by atoms with Gasteiger partial charge in [-0.2, -0.15) is 0 Å². The SMILES string of the molecule is COc1ccc(CCC(=O)NC(C(=O)O)C(=O)O)cc1OC. The van der Waals surface area contributed by atoms with E-state index in [2.05, 4.69) is 0 Å².